The van der Waals surface area contributed by atoms with E-state index in [-0.39, 0.29) is 1.43 Å². The first-order chi connectivity index (χ1) is 7.42. The number of rotatable bonds is 1. The molecule has 0 atom stereocenters. The molecule has 1 N–H and O–H groups in total. The van der Waals surface area contributed by atoms with Crippen LogP contribution in [-0.4, -0.2) is 11.3 Å². The fraction of sp³-hybridized carbons (Fsp3) is 0.308. The van der Waals surface area contributed by atoms with Crippen molar-refractivity contribution >= 4 is 17.2 Å². The Balaban J connectivity index is 0. The van der Waals surface area contributed by atoms with Gasteiger partial charge in [0.15, 0.2) is 6.29 Å². The maximum atomic E-state index is 10.5. The number of nitrogens with one attached hydrogen (secondary N) is 1. The molecule has 2 aromatic rings. The average molecular weight is 207 g/mol. The van der Waals surface area contributed by atoms with Crippen LogP contribution < -0.4 is 0 Å². The molecule has 2 nitrogen and oxygen atoms in total. The van der Waals surface area contributed by atoms with E-state index < -0.39 is 0 Å². The molecule has 0 aliphatic rings. The number of aromatic nitrogens is 1. The Morgan fingerprint density at radius 2 is 1.73 bits per heavy atom. The van der Waals surface area contributed by atoms with Gasteiger partial charge in [0.2, 0.25) is 0 Å². The molecular weight excluding hydrogens is 186 g/mol. The van der Waals surface area contributed by atoms with Crippen LogP contribution in [0, 0.1) is 0 Å². The molecule has 0 bridgehead atoms. The summed E-state index contributed by atoms with van der Waals surface area (Å²) >= 11 is 0. The van der Waals surface area contributed by atoms with Gasteiger partial charge in [-0.2, -0.15) is 0 Å². The molecule has 0 saturated carbocycles. The highest BCUT2D eigenvalue weighted by Crippen LogP contribution is 2.14. The normalized spacial score (nSPS) is 8.27. The Morgan fingerprint density at radius 1 is 1.13 bits per heavy atom. The third-order valence-corrected chi connectivity index (χ3v) is 1.75. The van der Waals surface area contributed by atoms with Crippen molar-refractivity contribution < 1.29 is 6.22 Å². The number of carbonyl (C=O) groups excluding carboxylic acids is 1. The van der Waals surface area contributed by atoms with E-state index >= 15 is 0 Å². The van der Waals surface area contributed by atoms with Crippen LogP contribution in [0.5, 0.6) is 0 Å². The largest absolute Gasteiger partial charge is 0.360 e. The average Bonchev–Trinajstić information content (AvgIpc) is 2.77. The highest BCUT2D eigenvalue weighted by Gasteiger charge is 1.98. The molecule has 0 spiro atoms. The first kappa shape index (κ1) is 13.4. The summed E-state index contributed by atoms with van der Waals surface area (Å²) in [7, 11) is 0. The summed E-state index contributed by atoms with van der Waals surface area (Å²) in [6.45, 7) is 8.00. The smallest absolute Gasteiger partial charge is 0.152 e. The number of aldehydes is 1. The minimum absolute atomic E-state index is 0. The van der Waals surface area contributed by atoms with Crippen LogP contribution >= 0.6 is 0 Å². The van der Waals surface area contributed by atoms with E-state index in [1.807, 2.05) is 52.0 Å². The molecule has 1 aromatic carbocycles. The van der Waals surface area contributed by atoms with E-state index in [4.69, 9.17) is 0 Å². The van der Waals surface area contributed by atoms with Gasteiger partial charge in [0.05, 0.1) is 0 Å². The summed E-state index contributed by atoms with van der Waals surface area (Å²) in [6, 6.07) is 7.73. The van der Waals surface area contributed by atoms with Crippen molar-refractivity contribution in [2.24, 2.45) is 0 Å². The Morgan fingerprint density at radius 3 is 2.33 bits per heavy atom. The molecule has 1 heterocycles. The first-order valence-corrected chi connectivity index (χ1v) is 5.43. The molecule has 0 saturated heterocycles. The van der Waals surface area contributed by atoms with E-state index in [0.717, 1.165) is 22.8 Å². The predicted octanol–water partition coefficient (Wildman–Crippen LogP) is 4.28. The number of aromatic amines is 1. The number of fused-ring (bicyclic) bond motifs is 1. The summed E-state index contributed by atoms with van der Waals surface area (Å²) in [5.74, 6) is 0. The van der Waals surface area contributed by atoms with Crippen LogP contribution in [0.25, 0.3) is 10.9 Å². The van der Waals surface area contributed by atoms with Crippen LogP contribution in [-0.2, 0) is 0 Å². The number of carbonyl (C=O) groups is 1. The van der Waals surface area contributed by atoms with Crippen LogP contribution in [0.3, 0.4) is 0 Å². The lowest BCUT2D eigenvalue weighted by atomic mass is 10.2. The summed E-state index contributed by atoms with van der Waals surface area (Å²) in [6.07, 6.45) is 2.58. The van der Waals surface area contributed by atoms with E-state index in [1.54, 1.807) is 6.20 Å². The number of H-pyrrole nitrogens is 1. The zero-order chi connectivity index (χ0) is 11.7. The summed E-state index contributed by atoms with van der Waals surface area (Å²) in [5, 5.41) is 0.988. The Labute approximate surface area is 92.8 Å². The van der Waals surface area contributed by atoms with Gasteiger partial charge in [0, 0.05) is 24.1 Å². The highest BCUT2D eigenvalue weighted by molar-refractivity contribution is 5.96. The molecule has 0 aliphatic heterocycles. The van der Waals surface area contributed by atoms with Gasteiger partial charge in [-0.3, -0.25) is 4.79 Å². The molecule has 0 fully saturated rings. The van der Waals surface area contributed by atoms with Gasteiger partial charge < -0.3 is 4.98 Å². The van der Waals surface area contributed by atoms with Crippen molar-refractivity contribution in [2.75, 3.05) is 0 Å². The molecule has 2 rings (SSSR count). The fourth-order valence-electron chi connectivity index (χ4n) is 1.19. The number of hydrogen-bond donors (Lipinski definition) is 1. The molecule has 0 amide bonds. The fourth-order valence-corrected chi connectivity index (χ4v) is 1.19. The zero-order valence-electron chi connectivity index (χ0n) is 9.87. The third kappa shape index (κ3) is 3.24. The van der Waals surface area contributed by atoms with E-state index in [2.05, 4.69) is 4.98 Å². The molecular formula is C13H21NO. The van der Waals surface area contributed by atoms with Gasteiger partial charge in [-0.15, -0.1) is 0 Å². The van der Waals surface area contributed by atoms with E-state index in [0.29, 0.717) is 0 Å². The SMILES string of the molecule is CC.CC.O=Cc1c[nH]c2ccccc12.[HH]. The molecule has 84 valence electrons. The van der Waals surface area contributed by atoms with Crippen LogP contribution in [0.15, 0.2) is 30.5 Å². The number of benzene rings is 1. The molecule has 0 aliphatic carbocycles. The van der Waals surface area contributed by atoms with Crippen molar-refractivity contribution in [1.82, 2.24) is 4.98 Å². The quantitative estimate of drug-likeness (QED) is 0.695. The van der Waals surface area contributed by atoms with Crippen molar-refractivity contribution in [3.05, 3.63) is 36.0 Å². The van der Waals surface area contributed by atoms with Crippen LogP contribution in [0.2, 0.25) is 0 Å². The third-order valence-electron chi connectivity index (χ3n) is 1.75. The second kappa shape index (κ2) is 7.80. The van der Waals surface area contributed by atoms with Gasteiger partial charge in [-0.25, -0.2) is 0 Å². The predicted molar refractivity (Wildman–Crippen MR) is 68.5 cm³/mol. The maximum absolute atomic E-state index is 10.5. The van der Waals surface area contributed by atoms with E-state index in [1.165, 1.54) is 0 Å². The van der Waals surface area contributed by atoms with Gasteiger partial charge in [-0.1, -0.05) is 45.9 Å². The lowest BCUT2D eigenvalue weighted by molar-refractivity contribution is 0.112. The first-order valence-electron chi connectivity index (χ1n) is 5.43. The van der Waals surface area contributed by atoms with Gasteiger partial charge in [-0.05, 0) is 6.07 Å². The van der Waals surface area contributed by atoms with Crippen molar-refractivity contribution in [3.8, 4) is 0 Å². The lowest BCUT2D eigenvalue weighted by Gasteiger charge is -1.86. The standard InChI is InChI=1S/C9H7NO.2C2H6.H2/c11-6-7-5-10-9-4-2-1-3-8(7)9;2*1-2;/h1-6,10H;2*1-2H3;1H. The zero-order valence-corrected chi connectivity index (χ0v) is 9.87. The molecule has 1 aromatic heterocycles. The van der Waals surface area contributed by atoms with Crippen molar-refractivity contribution in [3.63, 3.8) is 0 Å². The lowest BCUT2D eigenvalue weighted by Crippen LogP contribution is -1.72. The highest BCUT2D eigenvalue weighted by atomic mass is 16.1. The van der Waals surface area contributed by atoms with Gasteiger partial charge >= 0.3 is 0 Å². The van der Waals surface area contributed by atoms with Crippen LogP contribution in [0.1, 0.15) is 39.5 Å². The van der Waals surface area contributed by atoms with Crippen molar-refractivity contribution in [2.45, 2.75) is 27.7 Å². The summed E-state index contributed by atoms with van der Waals surface area (Å²) in [5.41, 5.74) is 1.73. The Kier molecular flexibility index (Phi) is 6.98. The Bertz CT molecular complexity index is 395. The molecule has 0 unspecified atom stereocenters. The van der Waals surface area contributed by atoms with Crippen molar-refractivity contribution in [1.29, 1.82) is 0 Å². The summed E-state index contributed by atoms with van der Waals surface area (Å²) < 4.78 is 0. The minimum Gasteiger partial charge on any atom is -0.360 e. The molecule has 0 radical (unpaired) electrons. The van der Waals surface area contributed by atoms with Gasteiger partial charge in [0.1, 0.15) is 0 Å². The second-order valence-electron chi connectivity index (χ2n) is 2.41. The molecule has 15 heavy (non-hydrogen) atoms. The summed E-state index contributed by atoms with van der Waals surface area (Å²) in [4.78, 5) is 13.5. The van der Waals surface area contributed by atoms with Gasteiger partial charge in [0.25, 0.3) is 0 Å². The Hall–Kier alpha value is -1.57. The van der Waals surface area contributed by atoms with E-state index in [9.17, 15) is 4.79 Å². The monoisotopic (exact) mass is 207 g/mol. The topological polar surface area (TPSA) is 32.9 Å². The van der Waals surface area contributed by atoms with Crippen LogP contribution in [0.4, 0.5) is 0 Å². The second-order valence-corrected chi connectivity index (χ2v) is 2.41. The molecule has 2 heteroatoms. The number of para-hydroxylation sites is 1. The number of hydrogen-bond acceptors (Lipinski definition) is 1. The maximum Gasteiger partial charge on any atom is 0.152 e. The minimum atomic E-state index is 0.